The third kappa shape index (κ3) is 5.91. The molecule has 0 radical (unpaired) electrons. The Morgan fingerprint density at radius 2 is 2.07 bits per heavy atom. The molecular weight excluding hydrogens is 428 g/mol. The van der Waals surface area contributed by atoms with Crippen molar-refractivity contribution in [1.29, 1.82) is 0 Å². The topological polar surface area (TPSA) is 76.9 Å². The van der Waals surface area contributed by atoms with E-state index in [-0.39, 0.29) is 17.4 Å². The van der Waals surface area contributed by atoms with Crippen LogP contribution in [0.1, 0.15) is 34.4 Å². The number of aromatic nitrogens is 3. The number of hydrogen-bond donors (Lipinski definition) is 1. The summed E-state index contributed by atoms with van der Waals surface area (Å²) >= 11 is 8.57. The van der Waals surface area contributed by atoms with E-state index >= 15 is 0 Å². The molecule has 1 aromatic carbocycles. The highest BCUT2D eigenvalue weighted by Gasteiger charge is 2.17. The number of rotatable bonds is 9. The predicted octanol–water partition coefficient (Wildman–Crippen LogP) is 4.33. The standard InChI is InChI=1S/C20H21ClN4O2S2/c1-13-5-3-6-15(11-13)25-19(7-4-10-22-14(2)26)23-24-20(25)28-12-16(27)17-8-9-18(21)29-17/h3,5-6,8-9,11H,4,7,10,12H2,1-2H3,(H,22,26). The molecule has 0 aliphatic rings. The van der Waals surface area contributed by atoms with E-state index in [4.69, 9.17) is 11.6 Å². The number of amides is 1. The maximum Gasteiger partial charge on any atom is 0.216 e. The van der Waals surface area contributed by atoms with Crippen molar-refractivity contribution in [3.8, 4) is 5.69 Å². The minimum absolute atomic E-state index is 0.0119. The number of nitrogens with zero attached hydrogens (tertiary/aromatic N) is 3. The largest absolute Gasteiger partial charge is 0.356 e. The van der Waals surface area contributed by atoms with Gasteiger partial charge in [-0.3, -0.25) is 14.2 Å². The second-order valence-electron chi connectivity index (χ2n) is 6.48. The second-order valence-corrected chi connectivity index (χ2v) is 9.13. The Labute approximate surface area is 182 Å². The second kappa shape index (κ2) is 10.0. The molecule has 0 spiro atoms. The number of thioether (sulfide) groups is 1. The van der Waals surface area contributed by atoms with E-state index < -0.39 is 0 Å². The Balaban J connectivity index is 1.78. The van der Waals surface area contributed by atoms with Crippen LogP contribution >= 0.6 is 34.7 Å². The maximum absolute atomic E-state index is 12.4. The quantitative estimate of drug-likeness (QED) is 0.299. The Morgan fingerprint density at radius 3 is 2.76 bits per heavy atom. The van der Waals surface area contributed by atoms with Gasteiger partial charge in [-0.15, -0.1) is 21.5 Å². The van der Waals surface area contributed by atoms with Gasteiger partial charge in [0.1, 0.15) is 5.82 Å². The maximum atomic E-state index is 12.4. The molecule has 0 unspecified atom stereocenters. The summed E-state index contributed by atoms with van der Waals surface area (Å²) in [5.74, 6) is 1.02. The van der Waals surface area contributed by atoms with Crippen molar-refractivity contribution in [1.82, 2.24) is 20.1 Å². The van der Waals surface area contributed by atoms with Gasteiger partial charge in [-0.05, 0) is 43.2 Å². The molecule has 0 saturated carbocycles. The van der Waals surface area contributed by atoms with Gasteiger partial charge < -0.3 is 5.32 Å². The molecule has 6 nitrogen and oxygen atoms in total. The molecule has 2 heterocycles. The monoisotopic (exact) mass is 448 g/mol. The number of benzene rings is 1. The van der Waals surface area contributed by atoms with Crippen molar-refractivity contribution >= 4 is 46.4 Å². The lowest BCUT2D eigenvalue weighted by atomic mass is 10.2. The Kier molecular flexibility index (Phi) is 7.46. The molecule has 0 aliphatic heterocycles. The Bertz CT molecular complexity index is 1020. The van der Waals surface area contributed by atoms with Gasteiger partial charge in [0.15, 0.2) is 10.9 Å². The van der Waals surface area contributed by atoms with Crippen LogP contribution in [-0.4, -0.2) is 38.8 Å². The first kappa shape index (κ1) is 21.5. The van der Waals surface area contributed by atoms with Crippen molar-refractivity contribution in [2.24, 2.45) is 0 Å². The average molecular weight is 449 g/mol. The van der Waals surface area contributed by atoms with Crippen LogP contribution in [0.2, 0.25) is 4.34 Å². The van der Waals surface area contributed by atoms with E-state index in [2.05, 4.69) is 21.6 Å². The molecule has 9 heteroatoms. The normalized spacial score (nSPS) is 10.9. The lowest BCUT2D eigenvalue weighted by Crippen LogP contribution is -2.21. The van der Waals surface area contributed by atoms with Crippen molar-refractivity contribution in [2.45, 2.75) is 31.8 Å². The molecule has 0 bridgehead atoms. The van der Waals surface area contributed by atoms with E-state index in [1.807, 2.05) is 29.7 Å². The van der Waals surface area contributed by atoms with Gasteiger partial charge in [-0.2, -0.15) is 0 Å². The summed E-state index contributed by atoms with van der Waals surface area (Å²) in [5.41, 5.74) is 2.08. The average Bonchev–Trinajstić information content (AvgIpc) is 3.29. The minimum atomic E-state index is -0.0476. The van der Waals surface area contributed by atoms with Gasteiger partial charge in [-0.25, -0.2) is 0 Å². The van der Waals surface area contributed by atoms with Crippen molar-refractivity contribution in [3.63, 3.8) is 0 Å². The van der Waals surface area contributed by atoms with Gasteiger partial charge in [0.25, 0.3) is 0 Å². The highest BCUT2D eigenvalue weighted by atomic mass is 35.5. The van der Waals surface area contributed by atoms with Crippen LogP contribution in [0.5, 0.6) is 0 Å². The van der Waals surface area contributed by atoms with Crippen molar-refractivity contribution in [3.05, 3.63) is 57.0 Å². The van der Waals surface area contributed by atoms with Crippen molar-refractivity contribution in [2.75, 3.05) is 12.3 Å². The number of halogens is 1. The van der Waals surface area contributed by atoms with Gasteiger partial charge >= 0.3 is 0 Å². The van der Waals surface area contributed by atoms with Gasteiger partial charge in [-0.1, -0.05) is 35.5 Å². The molecule has 1 amide bonds. The Hall–Kier alpha value is -2.16. The van der Waals surface area contributed by atoms with Gasteiger partial charge in [0.2, 0.25) is 5.91 Å². The number of carbonyl (C=O) groups excluding carboxylic acids is 2. The summed E-state index contributed by atoms with van der Waals surface area (Å²) in [4.78, 5) is 24.2. The highest BCUT2D eigenvalue weighted by molar-refractivity contribution is 7.99. The first-order valence-corrected chi connectivity index (χ1v) is 11.3. The number of thiophene rings is 1. The molecule has 2 aromatic heterocycles. The molecule has 0 saturated heterocycles. The lowest BCUT2D eigenvalue weighted by Gasteiger charge is -2.11. The SMILES string of the molecule is CC(=O)NCCCc1nnc(SCC(=O)c2ccc(Cl)s2)n1-c1cccc(C)c1. The van der Waals surface area contributed by atoms with Gasteiger partial charge in [0.05, 0.1) is 15.0 Å². The number of carbonyl (C=O) groups is 2. The zero-order valence-corrected chi connectivity index (χ0v) is 18.5. The third-order valence-corrected chi connectivity index (χ3v) is 6.29. The Morgan fingerprint density at radius 1 is 1.24 bits per heavy atom. The van der Waals surface area contributed by atoms with E-state index in [0.717, 1.165) is 23.5 Å². The van der Waals surface area contributed by atoms with Crippen LogP contribution in [0.4, 0.5) is 0 Å². The lowest BCUT2D eigenvalue weighted by molar-refractivity contribution is -0.118. The molecule has 0 fully saturated rings. The molecular formula is C20H21ClN4O2S2. The van der Waals surface area contributed by atoms with Crippen LogP contribution < -0.4 is 5.32 Å². The summed E-state index contributed by atoms with van der Waals surface area (Å²) in [6.45, 7) is 4.11. The molecule has 0 aliphatic carbocycles. The fourth-order valence-corrected chi connectivity index (χ4v) is 4.68. The van der Waals surface area contributed by atoms with Crippen LogP contribution in [0, 0.1) is 6.92 Å². The van der Waals surface area contributed by atoms with Crippen LogP contribution in [0.3, 0.4) is 0 Å². The first-order chi connectivity index (χ1) is 13.9. The molecule has 29 heavy (non-hydrogen) atoms. The first-order valence-electron chi connectivity index (χ1n) is 9.11. The zero-order chi connectivity index (χ0) is 20.8. The van der Waals surface area contributed by atoms with Crippen LogP contribution in [-0.2, 0) is 11.2 Å². The summed E-state index contributed by atoms with van der Waals surface area (Å²) in [7, 11) is 0. The fraction of sp³-hybridized carbons (Fsp3) is 0.300. The summed E-state index contributed by atoms with van der Waals surface area (Å²) in [5, 5.41) is 12.1. The van der Waals surface area contributed by atoms with E-state index in [9.17, 15) is 9.59 Å². The number of ketones is 1. The minimum Gasteiger partial charge on any atom is -0.356 e. The van der Waals surface area contributed by atoms with E-state index in [0.29, 0.717) is 27.3 Å². The predicted molar refractivity (Wildman–Crippen MR) is 117 cm³/mol. The summed E-state index contributed by atoms with van der Waals surface area (Å²) in [6.07, 6.45) is 1.41. The molecule has 1 N–H and O–H groups in total. The van der Waals surface area contributed by atoms with E-state index in [1.165, 1.54) is 30.0 Å². The number of hydrogen-bond acceptors (Lipinski definition) is 6. The molecule has 0 atom stereocenters. The molecule has 3 rings (SSSR count). The third-order valence-electron chi connectivity index (χ3n) is 4.09. The number of aryl methyl sites for hydroxylation is 2. The smallest absolute Gasteiger partial charge is 0.216 e. The van der Waals surface area contributed by atoms with Crippen LogP contribution in [0.15, 0.2) is 41.6 Å². The van der Waals surface area contributed by atoms with Crippen molar-refractivity contribution < 1.29 is 9.59 Å². The number of Topliss-reactive ketones (excluding diaryl/α,β-unsaturated/α-hetero) is 1. The number of nitrogens with one attached hydrogen (secondary N) is 1. The van der Waals surface area contributed by atoms with E-state index in [1.54, 1.807) is 12.1 Å². The fourth-order valence-electron chi connectivity index (χ4n) is 2.76. The van der Waals surface area contributed by atoms with Gasteiger partial charge in [0, 0.05) is 25.6 Å². The highest BCUT2D eigenvalue weighted by Crippen LogP contribution is 2.27. The van der Waals surface area contributed by atoms with Crippen LogP contribution in [0.25, 0.3) is 5.69 Å². The molecule has 152 valence electrons. The summed E-state index contributed by atoms with van der Waals surface area (Å²) in [6, 6.07) is 11.5. The summed E-state index contributed by atoms with van der Waals surface area (Å²) < 4.78 is 2.59. The molecule has 3 aromatic rings. The zero-order valence-electron chi connectivity index (χ0n) is 16.1.